The second-order valence-corrected chi connectivity index (χ2v) is 8.33. The lowest BCUT2D eigenvalue weighted by Gasteiger charge is -2.23. The molecule has 0 unspecified atom stereocenters. The molecule has 0 bridgehead atoms. The highest BCUT2D eigenvalue weighted by Crippen LogP contribution is 2.35. The summed E-state index contributed by atoms with van der Waals surface area (Å²) in [6.45, 7) is 1.63. The van der Waals surface area contributed by atoms with Crippen LogP contribution in [0, 0.1) is 0 Å². The third kappa shape index (κ3) is 14.4. The maximum absolute atomic E-state index is 10.8. The third-order valence-electron chi connectivity index (χ3n) is 2.49. The van der Waals surface area contributed by atoms with Crippen LogP contribution in [-0.2, 0) is 9.13 Å². The molecule has 10 heteroatoms. The van der Waals surface area contributed by atoms with Crippen molar-refractivity contribution in [1.29, 1.82) is 0 Å². The number of nitrogens with zero attached hydrogens (tertiary/aromatic N) is 2. The Balaban J connectivity index is 4.22. The van der Waals surface area contributed by atoms with Crippen molar-refractivity contribution in [2.24, 2.45) is 0 Å². The largest absolute Gasteiger partial charge is 0.326 e. The molecular weight excluding hydrogens is 294 g/mol. The summed E-state index contributed by atoms with van der Waals surface area (Å²) in [4.78, 5) is 39.0. The van der Waals surface area contributed by atoms with Crippen LogP contribution in [-0.4, -0.2) is 82.0 Å². The first-order valence-corrected chi connectivity index (χ1v) is 9.55. The van der Waals surface area contributed by atoms with Crippen LogP contribution in [0.25, 0.3) is 0 Å². The fourth-order valence-corrected chi connectivity index (χ4v) is 2.58. The van der Waals surface area contributed by atoms with Crippen LogP contribution >= 0.6 is 15.2 Å². The Hall–Kier alpha value is 0.220. The summed E-state index contributed by atoms with van der Waals surface area (Å²) in [5, 5.41) is 0. The topological polar surface area (TPSA) is 122 Å². The van der Waals surface area contributed by atoms with Crippen molar-refractivity contribution in [3.63, 3.8) is 0 Å². The maximum atomic E-state index is 10.8. The molecule has 0 saturated heterocycles. The number of hydrogen-bond acceptors (Lipinski definition) is 4. The molecule has 0 radical (unpaired) electrons. The molecule has 19 heavy (non-hydrogen) atoms. The van der Waals surface area contributed by atoms with E-state index in [-0.39, 0.29) is 25.4 Å². The second kappa shape index (κ2) is 8.49. The Kier molecular flexibility index (Phi) is 8.59. The van der Waals surface area contributed by atoms with Crippen LogP contribution in [0.3, 0.4) is 0 Å². The van der Waals surface area contributed by atoms with Crippen molar-refractivity contribution >= 4 is 15.2 Å². The van der Waals surface area contributed by atoms with E-state index in [4.69, 9.17) is 19.6 Å². The second-order valence-electron chi connectivity index (χ2n) is 4.78. The van der Waals surface area contributed by atoms with E-state index in [1.165, 1.54) is 0 Å². The van der Waals surface area contributed by atoms with Crippen LogP contribution in [0.15, 0.2) is 0 Å². The molecule has 116 valence electrons. The molecule has 0 aliphatic rings. The van der Waals surface area contributed by atoms with Gasteiger partial charge in [0.05, 0.1) is 12.3 Å². The molecule has 4 N–H and O–H groups in total. The zero-order valence-corrected chi connectivity index (χ0v) is 13.1. The summed E-state index contributed by atoms with van der Waals surface area (Å²) in [7, 11) is -4.34. The average Bonchev–Trinajstić information content (AvgIpc) is 2.18. The summed E-state index contributed by atoms with van der Waals surface area (Å²) >= 11 is 0. The van der Waals surface area contributed by atoms with Gasteiger partial charge < -0.3 is 29.4 Å². The van der Waals surface area contributed by atoms with Gasteiger partial charge in [0.25, 0.3) is 0 Å². The molecule has 0 fully saturated rings. The molecule has 0 amide bonds. The highest BCUT2D eigenvalue weighted by atomic mass is 31.2. The lowest BCUT2D eigenvalue weighted by atomic mass is 10.3. The zero-order chi connectivity index (χ0) is 15.1. The first kappa shape index (κ1) is 19.2. The van der Waals surface area contributed by atoms with Gasteiger partial charge >= 0.3 is 15.2 Å². The summed E-state index contributed by atoms with van der Waals surface area (Å²) in [5.41, 5.74) is 0. The van der Waals surface area contributed by atoms with Gasteiger partial charge in [-0.3, -0.25) is 9.13 Å². The zero-order valence-electron chi connectivity index (χ0n) is 11.3. The first-order valence-electron chi connectivity index (χ1n) is 5.96. The van der Waals surface area contributed by atoms with Crippen LogP contribution in [0.1, 0.15) is 6.42 Å². The predicted octanol–water partition coefficient (Wildman–Crippen LogP) is -0.404. The van der Waals surface area contributed by atoms with E-state index in [0.717, 1.165) is 13.0 Å². The van der Waals surface area contributed by atoms with E-state index < -0.39 is 15.2 Å². The summed E-state index contributed by atoms with van der Waals surface area (Å²) in [6, 6.07) is 0. The van der Waals surface area contributed by atoms with Crippen molar-refractivity contribution in [3.8, 4) is 0 Å². The third-order valence-corrected chi connectivity index (χ3v) is 4.06. The van der Waals surface area contributed by atoms with Crippen LogP contribution in [0.2, 0.25) is 0 Å². The summed E-state index contributed by atoms with van der Waals surface area (Å²) in [5.74, 6) is 0. The van der Waals surface area contributed by atoms with Crippen molar-refractivity contribution in [2.45, 2.75) is 6.42 Å². The van der Waals surface area contributed by atoms with Gasteiger partial charge in [-0.2, -0.15) is 0 Å². The molecule has 0 aliphatic heterocycles. The SMILES string of the molecule is CN(C)CCCN(CCP(=O)(O)O)CCP(=O)(O)O. The molecule has 0 aromatic rings. The molecule has 0 saturated carbocycles. The summed E-state index contributed by atoms with van der Waals surface area (Å²) in [6.07, 6.45) is 0.182. The molecule has 0 heterocycles. The standard InChI is InChI=1S/C9H24N2O6P2/c1-10(2)4-3-5-11(6-8-18(12,13)14)7-9-19(15,16)17/h3-9H2,1-2H3,(H2,12,13,14)(H2,15,16,17). The minimum Gasteiger partial charge on any atom is -0.324 e. The number of hydrogen-bond donors (Lipinski definition) is 4. The van der Waals surface area contributed by atoms with Crippen molar-refractivity contribution in [2.75, 3.05) is 52.6 Å². The van der Waals surface area contributed by atoms with E-state index in [0.29, 0.717) is 6.54 Å². The maximum Gasteiger partial charge on any atom is 0.326 e. The molecular formula is C9H24N2O6P2. The first-order chi connectivity index (χ1) is 8.49. The number of rotatable bonds is 10. The summed E-state index contributed by atoms with van der Waals surface area (Å²) < 4.78 is 21.6. The highest BCUT2D eigenvalue weighted by Gasteiger charge is 2.19. The van der Waals surface area contributed by atoms with Gasteiger partial charge in [0.2, 0.25) is 0 Å². The molecule has 0 aliphatic carbocycles. The molecule has 0 aromatic heterocycles. The molecule has 0 spiro atoms. The monoisotopic (exact) mass is 318 g/mol. The van der Waals surface area contributed by atoms with E-state index in [1.54, 1.807) is 4.90 Å². The molecule has 0 atom stereocenters. The average molecular weight is 318 g/mol. The Bertz CT molecular complexity index is 314. The Morgan fingerprint density at radius 1 is 0.789 bits per heavy atom. The van der Waals surface area contributed by atoms with Gasteiger partial charge in [-0.1, -0.05) is 0 Å². The molecule has 0 aromatic carbocycles. The van der Waals surface area contributed by atoms with Crippen LogP contribution in [0.5, 0.6) is 0 Å². The van der Waals surface area contributed by atoms with Crippen LogP contribution < -0.4 is 0 Å². The smallest absolute Gasteiger partial charge is 0.324 e. The van der Waals surface area contributed by atoms with Gasteiger partial charge in [-0.25, -0.2) is 0 Å². The quantitative estimate of drug-likeness (QED) is 0.401. The lowest BCUT2D eigenvalue weighted by molar-refractivity contribution is 0.266. The van der Waals surface area contributed by atoms with E-state index in [9.17, 15) is 9.13 Å². The Labute approximate surface area is 113 Å². The minimum atomic E-state index is -4.08. The Morgan fingerprint density at radius 2 is 1.21 bits per heavy atom. The van der Waals surface area contributed by atoms with E-state index in [2.05, 4.69) is 0 Å². The van der Waals surface area contributed by atoms with Crippen molar-refractivity contribution in [3.05, 3.63) is 0 Å². The van der Waals surface area contributed by atoms with Crippen molar-refractivity contribution < 1.29 is 28.7 Å². The molecule has 8 nitrogen and oxygen atoms in total. The fourth-order valence-electron chi connectivity index (χ4n) is 1.49. The van der Waals surface area contributed by atoms with Gasteiger partial charge in [-0.05, 0) is 33.6 Å². The van der Waals surface area contributed by atoms with E-state index >= 15 is 0 Å². The van der Waals surface area contributed by atoms with Crippen LogP contribution in [0.4, 0.5) is 0 Å². The Morgan fingerprint density at radius 3 is 1.53 bits per heavy atom. The fraction of sp³-hybridized carbons (Fsp3) is 1.00. The van der Waals surface area contributed by atoms with Gasteiger partial charge in [0.1, 0.15) is 0 Å². The van der Waals surface area contributed by atoms with Gasteiger partial charge in [-0.15, -0.1) is 0 Å². The van der Waals surface area contributed by atoms with Gasteiger partial charge in [0, 0.05) is 13.1 Å². The van der Waals surface area contributed by atoms with Crippen molar-refractivity contribution in [1.82, 2.24) is 9.80 Å². The van der Waals surface area contributed by atoms with Gasteiger partial charge in [0.15, 0.2) is 0 Å². The highest BCUT2D eigenvalue weighted by molar-refractivity contribution is 7.52. The molecule has 0 rings (SSSR count). The predicted molar refractivity (Wildman–Crippen MR) is 73.4 cm³/mol. The normalized spacial score (nSPS) is 13.5. The van der Waals surface area contributed by atoms with E-state index in [1.807, 2.05) is 19.0 Å². The lowest BCUT2D eigenvalue weighted by Crippen LogP contribution is -2.32. The minimum absolute atomic E-state index is 0.137.